The molecule has 0 saturated heterocycles. The molecule has 0 amide bonds. The Balaban J connectivity index is 2.11. The van der Waals surface area contributed by atoms with Gasteiger partial charge in [-0.2, -0.15) is 5.10 Å². The summed E-state index contributed by atoms with van der Waals surface area (Å²) in [4.78, 5) is 0. The Kier molecular flexibility index (Phi) is 4.74. The van der Waals surface area contributed by atoms with Crippen molar-refractivity contribution in [2.24, 2.45) is 0 Å². The van der Waals surface area contributed by atoms with E-state index in [-0.39, 0.29) is 0 Å². The molecule has 0 saturated carbocycles. The van der Waals surface area contributed by atoms with Crippen LogP contribution in [-0.4, -0.2) is 14.8 Å². The van der Waals surface area contributed by atoms with E-state index < -0.39 is 0 Å². The monoisotopic (exact) mass is 289 g/mol. The molecule has 0 fully saturated rings. The van der Waals surface area contributed by atoms with Crippen molar-refractivity contribution >= 4 is 12.2 Å². The number of benzene rings is 1. The number of H-pyrrole nitrogens is 1. The highest BCUT2D eigenvalue weighted by Gasteiger charge is 2.06. The molecule has 1 aromatic carbocycles. The third-order valence-corrected chi connectivity index (χ3v) is 3.35. The molecule has 0 unspecified atom stereocenters. The van der Waals surface area contributed by atoms with Crippen LogP contribution in [0.3, 0.4) is 0 Å². The van der Waals surface area contributed by atoms with Gasteiger partial charge in [-0.15, -0.1) is 6.58 Å². The topological polar surface area (TPSA) is 42.8 Å². The predicted molar refractivity (Wildman–Crippen MR) is 82.5 cm³/mol. The largest absolute Gasteiger partial charge is 0.486 e. The van der Waals surface area contributed by atoms with Gasteiger partial charge in [-0.3, -0.25) is 9.67 Å². The predicted octanol–water partition coefficient (Wildman–Crippen LogP) is 3.83. The minimum atomic E-state index is 0.378. The van der Waals surface area contributed by atoms with Gasteiger partial charge in [-0.25, -0.2) is 0 Å². The van der Waals surface area contributed by atoms with Gasteiger partial charge < -0.3 is 4.74 Å². The Morgan fingerprint density at radius 1 is 1.50 bits per heavy atom. The van der Waals surface area contributed by atoms with Crippen molar-refractivity contribution in [3.05, 3.63) is 53.1 Å². The second-order valence-corrected chi connectivity index (χ2v) is 5.25. The smallest absolute Gasteiger partial charge is 0.195 e. The Hall–Kier alpha value is -1.88. The Labute approximate surface area is 124 Å². The summed E-state index contributed by atoms with van der Waals surface area (Å²) < 4.78 is 8.25. The molecule has 5 heteroatoms. The highest BCUT2D eigenvalue weighted by molar-refractivity contribution is 7.71. The SMILES string of the molecule is C=CCn1c(COc2cccc(C(C)C)c2)n[nH]c1=S. The van der Waals surface area contributed by atoms with Crippen molar-refractivity contribution < 1.29 is 4.74 Å². The van der Waals surface area contributed by atoms with Gasteiger partial charge in [-0.1, -0.05) is 32.1 Å². The van der Waals surface area contributed by atoms with Crippen LogP contribution in [0.15, 0.2) is 36.9 Å². The van der Waals surface area contributed by atoms with E-state index in [1.54, 1.807) is 6.08 Å². The van der Waals surface area contributed by atoms with E-state index in [2.05, 4.69) is 42.8 Å². The summed E-state index contributed by atoms with van der Waals surface area (Å²) in [6.45, 7) is 9.04. The van der Waals surface area contributed by atoms with Crippen molar-refractivity contribution in [3.63, 3.8) is 0 Å². The van der Waals surface area contributed by atoms with Crippen LogP contribution < -0.4 is 4.74 Å². The molecule has 106 valence electrons. The van der Waals surface area contributed by atoms with Crippen molar-refractivity contribution in [2.45, 2.75) is 32.9 Å². The Bertz CT molecular complexity index is 643. The number of hydrogen-bond donors (Lipinski definition) is 1. The summed E-state index contributed by atoms with van der Waals surface area (Å²) >= 11 is 5.17. The van der Waals surface area contributed by atoms with Crippen LogP contribution >= 0.6 is 12.2 Å². The molecule has 1 N–H and O–H groups in total. The van der Waals surface area contributed by atoms with Gasteiger partial charge in [0.1, 0.15) is 12.4 Å². The van der Waals surface area contributed by atoms with Crippen molar-refractivity contribution in [3.8, 4) is 5.75 Å². The standard InChI is InChI=1S/C15H19N3OS/c1-4-8-18-14(16-17-15(18)20)10-19-13-7-5-6-12(9-13)11(2)3/h4-7,9,11H,1,8,10H2,2-3H3,(H,17,20). The number of allylic oxidation sites excluding steroid dienone is 1. The number of nitrogens with zero attached hydrogens (tertiary/aromatic N) is 2. The van der Waals surface area contributed by atoms with Crippen LogP contribution in [-0.2, 0) is 13.2 Å². The molecule has 0 atom stereocenters. The van der Waals surface area contributed by atoms with E-state index in [1.807, 2.05) is 16.7 Å². The summed E-state index contributed by atoms with van der Waals surface area (Å²) in [5, 5.41) is 6.96. The fraction of sp³-hybridized carbons (Fsp3) is 0.333. The lowest BCUT2D eigenvalue weighted by molar-refractivity contribution is 0.289. The molecule has 0 aliphatic heterocycles. The third-order valence-electron chi connectivity index (χ3n) is 3.04. The first-order chi connectivity index (χ1) is 9.61. The van der Waals surface area contributed by atoms with Gasteiger partial charge in [-0.05, 0) is 35.8 Å². The summed E-state index contributed by atoms with van der Waals surface area (Å²) in [6.07, 6.45) is 1.79. The lowest BCUT2D eigenvalue weighted by atomic mass is 10.0. The molecule has 0 radical (unpaired) electrons. The van der Waals surface area contributed by atoms with Crippen LogP contribution in [0.1, 0.15) is 31.2 Å². The van der Waals surface area contributed by atoms with Gasteiger partial charge in [0.15, 0.2) is 10.6 Å². The van der Waals surface area contributed by atoms with Gasteiger partial charge in [0.2, 0.25) is 0 Å². The molecular formula is C15H19N3OS. The van der Waals surface area contributed by atoms with Gasteiger partial charge >= 0.3 is 0 Å². The van der Waals surface area contributed by atoms with E-state index >= 15 is 0 Å². The number of aromatic amines is 1. The maximum Gasteiger partial charge on any atom is 0.195 e. The van der Waals surface area contributed by atoms with Crippen LogP contribution in [0.5, 0.6) is 5.75 Å². The van der Waals surface area contributed by atoms with Crippen molar-refractivity contribution in [1.29, 1.82) is 0 Å². The average Bonchev–Trinajstić information content (AvgIpc) is 2.78. The fourth-order valence-corrected chi connectivity index (χ4v) is 2.11. The van der Waals surface area contributed by atoms with Crippen molar-refractivity contribution in [2.75, 3.05) is 0 Å². The second-order valence-electron chi connectivity index (χ2n) is 4.86. The number of aromatic nitrogens is 3. The summed E-state index contributed by atoms with van der Waals surface area (Å²) in [6, 6.07) is 8.12. The maximum atomic E-state index is 5.80. The molecule has 0 bridgehead atoms. The van der Waals surface area contributed by atoms with Crippen molar-refractivity contribution in [1.82, 2.24) is 14.8 Å². The van der Waals surface area contributed by atoms with Gasteiger partial charge in [0.25, 0.3) is 0 Å². The minimum absolute atomic E-state index is 0.378. The molecule has 4 nitrogen and oxygen atoms in total. The first-order valence-corrected chi connectivity index (χ1v) is 7.00. The van der Waals surface area contributed by atoms with E-state index in [0.717, 1.165) is 11.6 Å². The first kappa shape index (κ1) is 14.5. The van der Waals surface area contributed by atoms with Gasteiger partial charge in [0, 0.05) is 6.54 Å². The van der Waals surface area contributed by atoms with E-state index in [4.69, 9.17) is 17.0 Å². The Morgan fingerprint density at radius 3 is 3.00 bits per heavy atom. The molecule has 2 rings (SSSR count). The lowest BCUT2D eigenvalue weighted by Gasteiger charge is -2.10. The summed E-state index contributed by atoms with van der Waals surface area (Å²) in [7, 11) is 0. The van der Waals surface area contributed by atoms with E-state index in [0.29, 0.717) is 23.8 Å². The zero-order valence-corrected chi connectivity index (χ0v) is 12.6. The Morgan fingerprint density at radius 2 is 2.30 bits per heavy atom. The van der Waals surface area contributed by atoms with E-state index in [9.17, 15) is 0 Å². The molecule has 1 heterocycles. The number of hydrogen-bond acceptors (Lipinski definition) is 3. The van der Waals surface area contributed by atoms with Gasteiger partial charge in [0.05, 0.1) is 0 Å². The van der Waals surface area contributed by atoms with Crippen LogP contribution in [0, 0.1) is 4.77 Å². The molecule has 2 aromatic rings. The van der Waals surface area contributed by atoms with Crippen LogP contribution in [0.25, 0.3) is 0 Å². The molecule has 1 aromatic heterocycles. The average molecular weight is 289 g/mol. The third kappa shape index (κ3) is 3.36. The summed E-state index contributed by atoms with van der Waals surface area (Å²) in [5.74, 6) is 2.09. The lowest BCUT2D eigenvalue weighted by Crippen LogP contribution is -2.06. The number of ether oxygens (including phenoxy) is 1. The molecule has 0 aliphatic carbocycles. The van der Waals surface area contributed by atoms with E-state index in [1.165, 1.54) is 5.56 Å². The highest BCUT2D eigenvalue weighted by Crippen LogP contribution is 2.20. The highest BCUT2D eigenvalue weighted by atomic mass is 32.1. The first-order valence-electron chi connectivity index (χ1n) is 6.59. The molecule has 0 aliphatic rings. The summed E-state index contributed by atoms with van der Waals surface area (Å²) in [5.41, 5.74) is 1.26. The second kappa shape index (κ2) is 6.52. The number of rotatable bonds is 6. The quantitative estimate of drug-likeness (QED) is 0.649. The minimum Gasteiger partial charge on any atom is -0.486 e. The van der Waals surface area contributed by atoms with Crippen LogP contribution in [0.2, 0.25) is 0 Å². The molecular weight excluding hydrogens is 270 g/mol. The normalized spacial score (nSPS) is 10.8. The number of nitrogens with one attached hydrogen (secondary N) is 1. The fourth-order valence-electron chi connectivity index (χ4n) is 1.89. The zero-order valence-electron chi connectivity index (χ0n) is 11.8. The molecule has 20 heavy (non-hydrogen) atoms. The maximum absolute atomic E-state index is 5.80. The zero-order chi connectivity index (χ0) is 14.5. The molecule has 0 spiro atoms. The van der Waals surface area contributed by atoms with Crippen LogP contribution in [0.4, 0.5) is 0 Å².